The van der Waals surface area contributed by atoms with Crippen molar-refractivity contribution in [3.05, 3.63) is 58.9 Å². The van der Waals surface area contributed by atoms with Crippen LogP contribution in [0.1, 0.15) is 16.7 Å². The largest absolute Gasteiger partial charge is 0.497 e. The number of hydrogen-bond acceptors (Lipinski definition) is 2. The summed E-state index contributed by atoms with van der Waals surface area (Å²) in [5, 5.41) is 3.34. The summed E-state index contributed by atoms with van der Waals surface area (Å²) in [7, 11) is 1.66. The molecule has 1 aliphatic rings. The van der Waals surface area contributed by atoms with Crippen molar-refractivity contribution in [3.63, 3.8) is 0 Å². The summed E-state index contributed by atoms with van der Waals surface area (Å²) in [5.41, 5.74) is 4.41. The molecule has 0 saturated heterocycles. The lowest BCUT2D eigenvalue weighted by molar-refractivity contribution is 0.414. The van der Waals surface area contributed by atoms with E-state index < -0.39 is 0 Å². The van der Waals surface area contributed by atoms with Gasteiger partial charge in [-0.05, 0) is 47.0 Å². The van der Waals surface area contributed by atoms with Crippen LogP contribution in [0.15, 0.2) is 36.4 Å². The van der Waals surface area contributed by atoms with E-state index in [1.54, 1.807) is 19.2 Å². The zero-order valence-corrected chi connectivity index (χ0v) is 10.2. The van der Waals surface area contributed by atoms with E-state index in [4.69, 9.17) is 4.74 Å². The van der Waals surface area contributed by atoms with Crippen LogP contribution in [-0.2, 0) is 13.0 Å². The maximum Gasteiger partial charge on any atom is 0.123 e. The zero-order valence-electron chi connectivity index (χ0n) is 10.2. The van der Waals surface area contributed by atoms with Crippen molar-refractivity contribution in [2.45, 2.75) is 13.0 Å². The molecule has 92 valence electrons. The number of methoxy groups -OCH3 is 1. The van der Waals surface area contributed by atoms with Crippen LogP contribution in [0.2, 0.25) is 0 Å². The average molecular weight is 243 g/mol. The van der Waals surface area contributed by atoms with Gasteiger partial charge in [0.1, 0.15) is 11.6 Å². The highest BCUT2D eigenvalue weighted by Crippen LogP contribution is 2.28. The number of hydrogen-bond donors (Lipinski definition) is 1. The first kappa shape index (κ1) is 11.1. The van der Waals surface area contributed by atoms with Gasteiger partial charge >= 0.3 is 0 Å². The Morgan fingerprint density at radius 1 is 1.06 bits per heavy atom. The molecule has 0 spiro atoms. The van der Waals surface area contributed by atoms with Crippen molar-refractivity contribution in [1.82, 2.24) is 0 Å². The van der Waals surface area contributed by atoms with E-state index >= 15 is 0 Å². The first-order valence-electron chi connectivity index (χ1n) is 5.94. The lowest BCUT2D eigenvalue weighted by Crippen LogP contribution is -1.99. The van der Waals surface area contributed by atoms with Crippen molar-refractivity contribution in [2.75, 3.05) is 12.4 Å². The number of anilines is 1. The van der Waals surface area contributed by atoms with E-state index in [2.05, 4.69) is 11.4 Å². The van der Waals surface area contributed by atoms with Crippen molar-refractivity contribution in [3.8, 4) is 5.75 Å². The SMILES string of the molecule is COc1ccc2c(c1)Cc1cc(F)ccc1NC2. The van der Waals surface area contributed by atoms with Gasteiger partial charge in [0, 0.05) is 18.7 Å². The Labute approximate surface area is 105 Å². The molecule has 18 heavy (non-hydrogen) atoms. The molecule has 2 nitrogen and oxygen atoms in total. The number of halogens is 1. The van der Waals surface area contributed by atoms with Crippen LogP contribution in [0.4, 0.5) is 10.1 Å². The second-order valence-electron chi connectivity index (χ2n) is 4.47. The number of benzene rings is 2. The molecule has 0 aromatic heterocycles. The molecule has 3 rings (SSSR count). The van der Waals surface area contributed by atoms with Crippen molar-refractivity contribution < 1.29 is 9.13 Å². The third-order valence-corrected chi connectivity index (χ3v) is 3.33. The highest BCUT2D eigenvalue weighted by Gasteiger charge is 2.13. The van der Waals surface area contributed by atoms with Gasteiger partial charge in [-0.2, -0.15) is 0 Å². The van der Waals surface area contributed by atoms with Crippen LogP contribution in [0.25, 0.3) is 0 Å². The molecule has 0 atom stereocenters. The molecule has 0 aliphatic carbocycles. The average Bonchev–Trinajstić information content (AvgIpc) is 2.56. The minimum atomic E-state index is -0.193. The van der Waals surface area contributed by atoms with Gasteiger partial charge in [0.15, 0.2) is 0 Å². The van der Waals surface area contributed by atoms with Gasteiger partial charge in [0.25, 0.3) is 0 Å². The zero-order chi connectivity index (χ0) is 12.5. The molecule has 0 bridgehead atoms. The topological polar surface area (TPSA) is 21.3 Å². The predicted octanol–water partition coefficient (Wildman–Crippen LogP) is 3.35. The number of fused-ring (bicyclic) bond motifs is 2. The summed E-state index contributed by atoms with van der Waals surface area (Å²) < 4.78 is 18.5. The Balaban J connectivity index is 2.06. The molecule has 2 aromatic carbocycles. The van der Waals surface area contributed by atoms with Gasteiger partial charge in [-0.15, -0.1) is 0 Å². The maximum atomic E-state index is 13.3. The highest BCUT2D eigenvalue weighted by molar-refractivity contribution is 5.57. The van der Waals surface area contributed by atoms with Crippen molar-refractivity contribution >= 4 is 5.69 Å². The molecule has 0 saturated carbocycles. The molecule has 1 N–H and O–H groups in total. The second-order valence-corrected chi connectivity index (χ2v) is 4.47. The van der Waals surface area contributed by atoms with E-state index in [9.17, 15) is 4.39 Å². The Morgan fingerprint density at radius 3 is 2.78 bits per heavy atom. The minimum absolute atomic E-state index is 0.193. The monoisotopic (exact) mass is 243 g/mol. The third kappa shape index (κ3) is 1.92. The summed E-state index contributed by atoms with van der Waals surface area (Å²) in [6.07, 6.45) is 0.729. The Morgan fingerprint density at radius 2 is 1.94 bits per heavy atom. The quantitative estimate of drug-likeness (QED) is 0.829. The van der Waals surface area contributed by atoms with Gasteiger partial charge in [-0.25, -0.2) is 4.39 Å². The molecule has 0 fully saturated rings. The number of rotatable bonds is 1. The summed E-state index contributed by atoms with van der Waals surface area (Å²) in [4.78, 5) is 0. The van der Waals surface area contributed by atoms with Crippen LogP contribution in [0.5, 0.6) is 5.75 Å². The van der Waals surface area contributed by atoms with Gasteiger partial charge in [-0.3, -0.25) is 0 Å². The van der Waals surface area contributed by atoms with Crippen LogP contribution in [-0.4, -0.2) is 7.11 Å². The van der Waals surface area contributed by atoms with Crippen molar-refractivity contribution in [1.29, 1.82) is 0 Å². The number of ether oxygens (including phenoxy) is 1. The van der Waals surface area contributed by atoms with Gasteiger partial charge in [0.2, 0.25) is 0 Å². The first-order valence-corrected chi connectivity index (χ1v) is 5.94. The fourth-order valence-electron chi connectivity index (χ4n) is 2.34. The fraction of sp³-hybridized carbons (Fsp3) is 0.200. The number of nitrogens with one attached hydrogen (secondary N) is 1. The smallest absolute Gasteiger partial charge is 0.123 e. The third-order valence-electron chi connectivity index (χ3n) is 3.33. The maximum absolute atomic E-state index is 13.3. The molecule has 0 amide bonds. The highest BCUT2D eigenvalue weighted by atomic mass is 19.1. The molecule has 3 heteroatoms. The second kappa shape index (κ2) is 4.33. The van der Waals surface area contributed by atoms with E-state index in [0.29, 0.717) is 0 Å². The molecule has 1 heterocycles. The Kier molecular flexibility index (Phi) is 2.67. The van der Waals surface area contributed by atoms with E-state index in [1.807, 2.05) is 12.1 Å². The normalized spacial score (nSPS) is 13.0. The van der Waals surface area contributed by atoms with Crippen LogP contribution < -0.4 is 10.1 Å². The van der Waals surface area contributed by atoms with Crippen LogP contribution in [0.3, 0.4) is 0 Å². The minimum Gasteiger partial charge on any atom is -0.497 e. The molecule has 0 radical (unpaired) electrons. The van der Waals surface area contributed by atoms with E-state index in [1.165, 1.54) is 17.2 Å². The summed E-state index contributed by atoms with van der Waals surface area (Å²) in [6, 6.07) is 10.9. The van der Waals surface area contributed by atoms with Crippen molar-refractivity contribution in [2.24, 2.45) is 0 Å². The van der Waals surface area contributed by atoms with Crippen LogP contribution in [0, 0.1) is 5.82 Å². The van der Waals surface area contributed by atoms with E-state index in [0.717, 1.165) is 30.0 Å². The standard InChI is InChI=1S/C15H14FNO/c1-18-14-4-2-10-9-17-15-5-3-13(16)7-12(15)6-11(10)8-14/h2-5,7-8,17H,6,9H2,1H3. The Bertz CT molecular complexity index is 595. The van der Waals surface area contributed by atoms with E-state index in [-0.39, 0.29) is 5.82 Å². The fourth-order valence-corrected chi connectivity index (χ4v) is 2.34. The molecule has 0 unspecified atom stereocenters. The summed E-state index contributed by atoms with van der Waals surface area (Å²) in [6.45, 7) is 0.762. The molecule has 2 aromatic rings. The lowest BCUT2D eigenvalue weighted by atomic mass is 10.0. The Hall–Kier alpha value is -2.03. The van der Waals surface area contributed by atoms with Gasteiger partial charge in [-0.1, -0.05) is 6.07 Å². The first-order chi connectivity index (χ1) is 8.76. The lowest BCUT2D eigenvalue weighted by Gasteiger charge is -2.07. The van der Waals surface area contributed by atoms with Gasteiger partial charge in [0.05, 0.1) is 7.11 Å². The van der Waals surface area contributed by atoms with Crippen LogP contribution >= 0.6 is 0 Å². The molecular formula is C15H14FNO. The molecule has 1 aliphatic heterocycles. The molecular weight excluding hydrogens is 229 g/mol. The van der Waals surface area contributed by atoms with Gasteiger partial charge < -0.3 is 10.1 Å². The predicted molar refractivity (Wildman–Crippen MR) is 69.5 cm³/mol. The summed E-state index contributed by atoms with van der Waals surface area (Å²) >= 11 is 0. The summed E-state index contributed by atoms with van der Waals surface area (Å²) in [5.74, 6) is 0.649.